The molecule has 0 unspecified atom stereocenters. The van der Waals surface area contributed by atoms with Crippen molar-refractivity contribution in [3.05, 3.63) is 79.7 Å². The number of allylic oxidation sites excluding steroid dienone is 1. The van der Waals surface area contributed by atoms with Gasteiger partial charge in [-0.15, -0.1) is 11.3 Å². The molecular weight excluding hydrogens is 450 g/mol. The van der Waals surface area contributed by atoms with Crippen LogP contribution in [0, 0.1) is 0 Å². The zero-order chi connectivity index (χ0) is 21.7. The summed E-state index contributed by atoms with van der Waals surface area (Å²) in [5.41, 5.74) is 2.96. The highest BCUT2D eigenvalue weighted by Crippen LogP contribution is 2.43. The van der Waals surface area contributed by atoms with Gasteiger partial charge in [0.05, 0.1) is 17.7 Å². The van der Waals surface area contributed by atoms with Gasteiger partial charge in [-0.25, -0.2) is 0 Å². The summed E-state index contributed by atoms with van der Waals surface area (Å²) < 4.78 is 23.1. The van der Waals surface area contributed by atoms with Crippen molar-refractivity contribution in [3.63, 3.8) is 0 Å². The van der Waals surface area contributed by atoms with E-state index in [1.54, 1.807) is 35.6 Å². The maximum absolute atomic E-state index is 13.1. The molecule has 0 atom stereocenters. The van der Waals surface area contributed by atoms with Crippen molar-refractivity contribution < 1.29 is 23.7 Å². The predicted octanol–water partition coefficient (Wildman–Crippen LogP) is 5.24. The molecule has 3 aliphatic heterocycles. The first kappa shape index (κ1) is 19.8. The normalized spacial score (nSPS) is 18.4. The first-order chi connectivity index (χ1) is 15.7. The van der Waals surface area contributed by atoms with E-state index in [-0.39, 0.29) is 18.3 Å². The fourth-order valence-electron chi connectivity index (χ4n) is 4.19. The summed E-state index contributed by atoms with van der Waals surface area (Å²) in [7, 11) is 0. The Bertz CT molecular complexity index is 1250. The van der Waals surface area contributed by atoms with Gasteiger partial charge in [0.25, 0.3) is 0 Å². The van der Waals surface area contributed by atoms with Crippen LogP contribution in [0.15, 0.2) is 47.5 Å². The monoisotopic (exact) mass is 467 g/mol. The summed E-state index contributed by atoms with van der Waals surface area (Å²) in [5, 5.41) is 2.61. The molecule has 4 heterocycles. The number of rotatable bonds is 3. The third-order valence-electron chi connectivity index (χ3n) is 5.63. The molecule has 0 aliphatic carbocycles. The molecule has 0 saturated carbocycles. The summed E-state index contributed by atoms with van der Waals surface area (Å²) in [6, 6.07) is 11.3. The van der Waals surface area contributed by atoms with E-state index in [0.717, 1.165) is 23.4 Å². The van der Waals surface area contributed by atoms with E-state index >= 15 is 0 Å². The molecule has 2 aromatic carbocycles. The zero-order valence-corrected chi connectivity index (χ0v) is 18.5. The Morgan fingerprint density at radius 1 is 1.16 bits per heavy atom. The van der Waals surface area contributed by atoms with Crippen LogP contribution in [-0.4, -0.2) is 24.2 Å². The van der Waals surface area contributed by atoms with Gasteiger partial charge in [0, 0.05) is 34.1 Å². The number of nitrogens with zero attached hydrogens (tertiary/aromatic N) is 1. The number of benzene rings is 2. The Morgan fingerprint density at radius 2 is 2.09 bits per heavy atom. The summed E-state index contributed by atoms with van der Waals surface area (Å²) in [4.78, 5) is 16.6. The van der Waals surface area contributed by atoms with Gasteiger partial charge >= 0.3 is 0 Å². The fourth-order valence-corrected chi connectivity index (χ4v) is 5.18. The lowest BCUT2D eigenvalue weighted by Gasteiger charge is -2.29. The summed E-state index contributed by atoms with van der Waals surface area (Å²) in [6.07, 6.45) is 1.69. The van der Waals surface area contributed by atoms with Crippen molar-refractivity contribution in [2.45, 2.75) is 19.7 Å². The first-order valence-electron chi connectivity index (χ1n) is 10.2. The number of ether oxygens (including phenoxy) is 4. The van der Waals surface area contributed by atoms with E-state index in [1.807, 2.05) is 12.1 Å². The second-order valence-corrected chi connectivity index (χ2v) is 9.26. The highest BCUT2D eigenvalue weighted by molar-refractivity contribution is 7.09. The molecule has 0 bridgehead atoms. The number of hydrogen-bond acceptors (Lipinski definition) is 7. The lowest BCUT2D eigenvalue weighted by Crippen LogP contribution is -2.31. The Kier molecular flexibility index (Phi) is 4.91. The van der Waals surface area contributed by atoms with Crippen LogP contribution in [0.2, 0.25) is 5.02 Å². The molecule has 0 amide bonds. The minimum absolute atomic E-state index is 0.157. The molecule has 0 radical (unpaired) electrons. The highest BCUT2D eigenvalue weighted by Gasteiger charge is 2.34. The maximum atomic E-state index is 13.1. The van der Waals surface area contributed by atoms with E-state index in [2.05, 4.69) is 16.3 Å². The van der Waals surface area contributed by atoms with Crippen molar-refractivity contribution in [2.24, 2.45) is 0 Å². The van der Waals surface area contributed by atoms with E-state index in [4.69, 9.17) is 30.5 Å². The van der Waals surface area contributed by atoms with Gasteiger partial charge in [-0.3, -0.25) is 9.69 Å². The van der Waals surface area contributed by atoms with Crippen LogP contribution in [0.5, 0.6) is 17.2 Å². The van der Waals surface area contributed by atoms with Gasteiger partial charge in [-0.1, -0.05) is 17.7 Å². The van der Waals surface area contributed by atoms with Crippen molar-refractivity contribution in [1.29, 1.82) is 0 Å². The van der Waals surface area contributed by atoms with Crippen LogP contribution < -0.4 is 14.2 Å². The number of carbonyl (C=O) groups excluding carboxylic acids is 1. The van der Waals surface area contributed by atoms with Gasteiger partial charge in [-0.2, -0.15) is 0 Å². The average molecular weight is 468 g/mol. The third-order valence-corrected chi connectivity index (χ3v) is 6.71. The molecule has 0 fully saturated rings. The number of thiophene rings is 1. The standard InChI is InChI=1S/C24H18ClNO5S/c25-16-6-14(23-15(7-16)11-28-13-30-23)8-21-22(27)18-3-4-20-19(24(18)31-21)10-26(12-29-20)9-17-2-1-5-32-17/h1-8H,9-13H2/b21-8-. The molecule has 3 aliphatic rings. The van der Waals surface area contributed by atoms with Crippen LogP contribution in [0.1, 0.15) is 31.9 Å². The molecule has 0 saturated heterocycles. The number of hydrogen-bond donors (Lipinski definition) is 0. The van der Waals surface area contributed by atoms with Crippen molar-refractivity contribution in [3.8, 4) is 17.2 Å². The molecule has 162 valence electrons. The van der Waals surface area contributed by atoms with Crippen molar-refractivity contribution in [2.75, 3.05) is 13.5 Å². The maximum Gasteiger partial charge on any atom is 0.231 e. The lowest BCUT2D eigenvalue weighted by atomic mass is 10.0. The molecular formula is C24H18ClNO5S. The van der Waals surface area contributed by atoms with Gasteiger partial charge in [0.15, 0.2) is 12.6 Å². The number of carbonyl (C=O) groups is 1. The van der Waals surface area contributed by atoms with Crippen LogP contribution in [0.3, 0.4) is 0 Å². The molecule has 32 heavy (non-hydrogen) atoms. The highest BCUT2D eigenvalue weighted by atomic mass is 35.5. The number of halogens is 1. The van der Waals surface area contributed by atoms with Gasteiger partial charge < -0.3 is 18.9 Å². The smallest absolute Gasteiger partial charge is 0.231 e. The number of Topliss-reactive ketones (excluding diaryl/α,β-unsaturated/α-hetero) is 1. The summed E-state index contributed by atoms with van der Waals surface area (Å²) in [5.74, 6) is 2.05. The topological polar surface area (TPSA) is 57.2 Å². The van der Waals surface area contributed by atoms with Gasteiger partial charge in [-0.05, 0) is 41.8 Å². The predicted molar refractivity (Wildman–Crippen MR) is 120 cm³/mol. The quantitative estimate of drug-likeness (QED) is 0.491. The minimum Gasteiger partial charge on any atom is -0.478 e. The average Bonchev–Trinajstić information content (AvgIpc) is 3.42. The Hall–Kier alpha value is -2.84. The Morgan fingerprint density at radius 3 is 2.97 bits per heavy atom. The number of ketones is 1. The summed E-state index contributed by atoms with van der Waals surface area (Å²) >= 11 is 7.99. The molecule has 6 rings (SSSR count). The van der Waals surface area contributed by atoms with Crippen LogP contribution in [-0.2, 0) is 24.4 Å². The molecule has 0 spiro atoms. The Labute approximate surface area is 193 Å². The minimum atomic E-state index is -0.168. The third kappa shape index (κ3) is 3.47. The molecule has 1 aromatic heterocycles. The number of fused-ring (bicyclic) bond motifs is 4. The van der Waals surface area contributed by atoms with Crippen molar-refractivity contribution in [1.82, 2.24) is 4.90 Å². The van der Waals surface area contributed by atoms with E-state index in [9.17, 15) is 4.79 Å². The summed E-state index contributed by atoms with van der Waals surface area (Å²) in [6.45, 7) is 2.49. The van der Waals surface area contributed by atoms with Crippen LogP contribution >= 0.6 is 22.9 Å². The SMILES string of the molecule is O=C1/C(=C/c2cc(Cl)cc3c2OCOC3)Oc2c1ccc1c2CN(Cc2cccs2)CO1. The zero-order valence-electron chi connectivity index (χ0n) is 16.9. The molecule has 6 nitrogen and oxygen atoms in total. The molecule has 8 heteroatoms. The second kappa shape index (κ2) is 7.94. The van der Waals surface area contributed by atoms with Crippen molar-refractivity contribution >= 4 is 34.8 Å². The van der Waals surface area contributed by atoms with E-state index in [1.165, 1.54) is 4.88 Å². The Balaban J connectivity index is 1.33. The van der Waals surface area contributed by atoms with E-state index < -0.39 is 0 Å². The lowest BCUT2D eigenvalue weighted by molar-refractivity contribution is -0.0165. The largest absolute Gasteiger partial charge is 0.478 e. The fraction of sp³-hybridized carbons (Fsp3) is 0.208. The molecule has 3 aromatic rings. The molecule has 0 N–H and O–H groups in total. The van der Waals surface area contributed by atoms with Crippen LogP contribution in [0.25, 0.3) is 6.08 Å². The van der Waals surface area contributed by atoms with Crippen LogP contribution in [0.4, 0.5) is 0 Å². The van der Waals surface area contributed by atoms with Gasteiger partial charge in [0.2, 0.25) is 5.78 Å². The van der Waals surface area contributed by atoms with Gasteiger partial charge in [0.1, 0.15) is 24.0 Å². The van der Waals surface area contributed by atoms with E-state index in [0.29, 0.717) is 47.5 Å². The first-order valence-corrected chi connectivity index (χ1v) is 11.4. The second-order valence-electron chi connectivity index (χ2n) is 7.79.